The first-order chi connectivity index (χ1) is 12.4. The Morgan fingerprint density at radius 2 is 2.04 bits per heavy atom. The fraction of sp³-hybridized carbons (Fsp3) is 0.211. The lowest BCUT2D eigenvalue weighted by Gasteiger charge is -2.37. The van der Waals surface area contributed by atoms with Gasteiger partial charge in [0.05, 0.1) is 10.7 Å². The summed E-state index contributed by atoms with van der Waals surface area (Å²) in [4.78, 5) is 16.4. The van der Waals surface area contributed by atoms with Gasteiger partial charge >= 0.3 is 0 Å². The highest BCUT2D eigenvalue weighted by Gasteiger charge is 2.53. The maximum atomic E-state index is 14.1. The lowest BCUT2D eigenvalue weighted by Crippen LogP contribution is -2.56. The number of benzene rings is 2. The van der Waals surface area contributed by atoms with Crippen molar-refractivity contribution in [3.05, 3.63) is 63.0 Å². The second-order valence-electron chi connectivity index (χ2n) is 6.93. The molecule has 2 aliphatic heterocycles. The molecule has 0 radical (unpaired) electrons. The van der Waals surface area contributed by atoms with Gasteiger partial charge in [-0.15, -0.1) is 0 Å². The summed E-state index contributed by atoms with van der Waals surface area (Å²) in [5.74, 6) is -0.652. The molecular weight excluding hydrogens is 376 g/mol. The molecule has 26 heavy (non-hydrogen) atoms. The molecule has 2 atom stereocenters. The molecule has 0 aliphatic carbocycles. The van der Waals surface area contributed by atoms with Crippen LogP contribution in [0.3, 0.4) is 0 Å². The molecular formula is C19H14Cl2FN3O. The number of rotatable bonds is 0. The quantitative estimate of drug-likeness (QED) is 0.535. The number of amides is 1. The predicted octanol–water partition coefficient (Wildman–Crippen LogP) is 4.34. The number of aromatic amines is 1. The van der Waals surface area contributed by atoms with Gasteiger partial charge in [0.1, 0.15) is 5.82 Å². The second kappa shape index (κ2) is 5.22. The monoisotopic (exact) mass is 389 g/mol. The minimum Gasteiger partial charge on any atom is -0.356 e. The molecule has 0 fully saturated rings. The number of carbonyl (C=O) groups is 1. The van der Waals surface area contributed by atoms with Gasteiger partial charge in [0, 0.05) is 33.2 Å². The first-order valence-corrected chi connectivity index (χ1v) is 9.05. The highest BCUT2D eigenvalue weighted by Crippen LogP contribution is 2.47. The Hall–Kier alpha value is -2.08. The first kappa shape index (κ1) is 16.1. The summed E-state index contributed by atoms with van der Waals surface area (Å²) in [6.45, 7) is 2.01. The van der Waals surface area contributed by atoms with Crippen molar-refractivity contribution in [2.75, 3.05) is 5.32 Å². The summed E-state index contributed by atoms with van der Waals surface area (Å²) >= 11 is 12.2. The number of nitrogens with one attached hydrogen (secondary N) is 3. The summed E-state index contributed by atoms with van der Waals surface area (Å²) in [5.41, 5.74) is 2.74. The van der Waals surface area contributed by atoms with E-state index in [-0.39, 0.29) is 17.0 Å². The highest BCUT2D eigenvalue weighted by atomic mass is 35.5. The predicted molar refractivity (Wildman–Crippen MR) is 100 cm³/mol. The summed E-state index contributed by atoms with van der Waals surface area (Å²) in [6, 6.07) is 8.34. The third kappa shape index (κ3) is 1.96. The number of hydrogen-bond acceptors (Lipinski definition) is 2. The maximum Gasteiger partial charge on any atom is 0.255 e. The Morgan fingerprint density at radius 3 is 2.85 bits per heavy atom. The van der Waals surface area contributed by atoms with Crippen LogP contribution in [0.1, 0.15) is 23.7 Å². The average molecular weight is 390 g/mol. The van der Waals surface area contributed by atoms with E-state index < -0.39 is 11.4 Å². The molecule has 1 unspecified atom stereocenters. The Kier molecular flexibility index (Phi) is 3.24. The van der Waals surface area contributed by atoms with Gasteiger partial charge in [-0.3, -0.25) is 10.1 Å². The van der Waals surface area contributed by atoms with Gasteiger partial charge in [0.15, 0.2) is 5.54 Å². The number of carbonyl (C=O) groups excluding carboxylic acids is 1. The fourth-order valence-electron chi connectivity index (χ4n) is 4.24. The first-order valence-electron chi connectivity index (χ1n) is 8.29. The number of anilines is 1. The van der Waals surface area contributed by atoms with Crippen molar-refractivity contribution >= 4 is 45.7 Å². The van der Waals surface area contributed by atoms with Crippen molar-refractivity contribution in [1.29, 1.82) is 0 Å². The van der Waals surface area contributed by atoms with Crippen molar-refractivity contribution in [2.45, 2.75) is 24.9 Å². The van der Waals surface area contributed by atoms with E-state index in [0.717, 1.165) is 22.2 Å². The van der Waals surface area contributed by atoms with Gasteiger partial charge in [-0.05, 0) is 49.2 Å². The zero-order valence-corrected chi connectivity index (χ0v) is 15.2. The van der Waals surface area contributed by atoms with E-state index in [9.17, 15) is 9.18 Å². The second-order valence-corrected chi connectivity index (χ2v) is 7.78. The van der Waals surface area contributed by atoms with Gasteiger partial charge in [-0.1, -0.05) is 23.2 Å². The summed E-state index contributed by atoms with van der Waals surface area (Å²) in [7, 11) is 0. The van der Waals surface area contributed by atoms with Crippen LogP contribution in [0.5, 0.6) is 0 Å². The van der Waals surface area contributed by atoms with E-state index in [1.165, 1.54) is 6.07 Å². The van der Waals surface area contributed by atoms with E-state index in [4.69, 9.17) is 23.2 Å². The molecule has 2 aliphatic rings. The zero-order chi connectivity index (χ0) is 18.2. The van der Waals surface area contributed by atoms with Gasteiger partial charge in [0.2, 0.25) is 0 Å². The Bertz CT molecular complexity index is 1110. The van der Waals surface area contributed by atoms with E-state index in [2.05, 4.69) is 15.6 Å². The Labute approximate surface area is 158 Å². The van der Waals surface area contributed by atoms with Crippen molar-refractivity contribution in [2.24, 2.45) is 0 Å². The molecule has 3 aromatic rings. The van der Waals surface area contributed by atoms with Crippen LogP contribution in [0.2, 0.25) is 10.0 Å². The molecule has 2 aromatic carbocycles. The van der Waals surface area contributed by atoms with Crippen LogP contribution in [0.25, 0.3) is 10.9 Å². The lowest BCUT2D eigenvalue weighted by molar-refractivity contribution is -0.121. The van der Waals surface area contributed by atoms with Gasteiger partial charge < -0.3 is 10.3 Å². The molecule has 5 rings (SSSR count). The van der Waals surface area contributed by atoms with Gasteiger partial charge in [0.25, 0.3) is 5.91 Å². The van der Waals surface area contributed by atoms with Crippen molar-refractivity contribution < 1.29 is 9.18 Å². The van der Waals surface area contributed by atoms with Crippen LogP contribution in [-0.2, 0) is 16.8 Å². The molecule has 0 saturated carbocycles. The number of fused-ring (bicyclic) bond motifs is 6. The van der Waals surface area contributed by atoms with E-state index in [1.807, 2.05) is 6.92 Å². The van der Waals surface area contributed by atoms with Crippen LogP contribution in [0.15, 0.2) is 30.3 Å². The minimum atomic E-state index is -1.09. The molecule has 132 valence electrons. The molecule has 0 bridgehead atoms. The summed E-state index contributed by atoms with van der Waals surface area (Å²) < 4.78 is 14.1. The Morgan fingerprint density at radius 1 is 1.23 bits per heavy atom. The van der Waals surface area contributed by atoms with E-state index in [1.54, 1.807) is 24.3 Å². The molecule has 3 heterocycles. The number of H-pyrrole nitrogens is 1. The maximum absolute atomic E-state index is 14.1. The molecule has 1 amide bonds. The van der Waals surface area contributed by atoms with Crippen molar-refractivity contribution in [3.63, 3.8) is 0 Å². The normalized spacial score (nSPS) is 24.0. The molecule has 0 saturated heterocycles. The van der Waals surface area contributed by atoms with Crippen LogP contribution in [0, 0.1) is 5.82 Å². The largest absolute Gasteiger partial charge is 0.356 e. The number of halogens is 3. The van der Waals surface area contributed by atoms with Crippen molar-refractivity contribution in [3.8, 4) is 0 Å². The van der Waals surface area contributed by atoms with Crippen molar-refractivity contribution in [1.82, 2.24) is 10.3 Å². The third-order valence-electron chi connectivity index (χ3n) is 5.27. The number of hydrogen-bond donors (Lipinski definition) is 3. The zero-order valence-electron chi connectivity index (χ0n) is 13.7. The number of aromatic nitrogens is 1. The molecule has 7 heteroatoms. The smallest absolute Gasteiger partial charge is 0.255 e. The molecule has 3 N–H and O–H groups in total. The average Bonchev–Trinajstić information content (AvgIpc) is 3.06. The summed E-state index contributed by atoms with van der Waals surface area (Å²) in [6.07, 6.45) is 0.668. The van der Waals surface area contributed by atoms with Crippen LogP contribution < -0.4 is 10.6 Å². The molecule has 1 aromatic heterocycles. The lowest BCUT2D eigenvalue weighted by atomic mass is 9.80. The van der Waals surface area contributed by atoms with Gasteiger partial charge in [-0.25, -0.2) is 4.39 Å². The van der Waals surface area contributed by atoms with Crippen LogP contribution in [-0.4, -0.2) is 16.9 Å². The third-order valence-corrected chi connectivity index (χ3v) is 5.79. The highest BCUT2D eigenvalue weighted by molar-refractivity contribution is 6.31. The van der Waals surface area contributed by atoms with E-state index in [0.29, 0.717) is 22.7 Å². The van der Waals surface area contributed by atoms with Crippen LogP contribution in [0.4, 0.5) is 10.1 Å². The summed E-state index contributed by atoms with van der Waals surface area (Å²) in [5, 5.41) is 7.72. The minimum absolute atomic E-state index is 0.0101. The molecule has 4 nitrogen and oxygen atoms in total. The van der Waals surface area contributed by atoms with Crippen LogP contribution >= 0.6 is 23.2 Å². The molecule has 1 spiro atoms. The SMILES string of the molecule is CC1Cc2c([nH]c3cc(Cl)c(F)cc23)[C@]2(N1)C(=O)Nc1ccc(Cl)cc12. The topological polar surface area (TPSA) is 56.9 Å². The van der Waals surface area contributed by atoms with E-state index >= 15 is 0 Å². The Balaban J connectivity index is 1.87. The fourth-order valence-corrected chi connectivity index (χ4v) is 4.58. The van der Waals surface area contributed by atoms with Gasteiger partial charge in [-0.2, -0.15) is 0 Å². The standard InChI is InChI=1S/C19H14Cl2FN3O/c1-8-4-11-10-6-14(22)13(21)7-16(10)23-17(11)19(25-8)12-5-9(20)2-3-15(12)24-18(19)26/h2-3,5-8,23,25H,4H2,1H3,(H,24,26)/t8?,19-/m0/s1.